The average Bonchev–Trinajstić information content (AvgIpc) is 3.71. The van der Waals surface area contributed by atoms with E-state index in [1.54, 1.807) is 0 Å². The first-order chi connectivity index (χ1) is 39.0. The minimum atomic E-state index is 0.161. The lowest BCUT2D eigenvalue weighted by atomic mass is 9.83. The van der Waals surface area contributed by atoms with Crippen molar-refractivity contribution >= 4 is 154 Å². The Balaban J connectivity index is 1.08. The van der Waals surface area contributed by atoms with Crippen LogP contribution in [0.5, 0.6) is 0 Å². The molecule has 4 aromatic heterocycles. The first-order valence-corrected chi connectivity index (χ1v) is 28.0. The molecule has 16 rings (SSSR count). The van der Waals surface area contributed by atoms with Gasteiger partial charge in [0.15, 0.2) is 22.3 Å². The SMILES string of the molecule is Cc1ccc2c(oc3ccccc32)c1N(c1cc(C(C)C)c2ccc3c(N(c4c(C)ccc5c4oc4ccccc45)c4c(C)ccc5c4oc4ccccc45)cc(C(C)C)c4ccc1c2c43)c1c(C)ccc2c1oc1ccccc12. The molecule has 0 saturated heterocycles. The quantitative estimate of drug-likeness (QED) is 0.141. The summed E-state index contributed by atoms with van der Waals surface area (Å²) in [6.45, 7) is 18.2. The Labute approximate surface area is 461 Å². The van der Waals surface area contributed by atoms with Crippen molar-refractivity contribution in [2.75, 3.05) is 9.80 Å². The van der Waals surface area contributed by atoms with Gasteiger partial charge in [-0.3, -0.25) is 0 Å². The van der Waals surface area contributed by atoms with Crippen molar-refractivity contribution in [2.45, 2.75) is 67.2 Å². The molecule has 0 unspecified atom stereocenters. The van der Waals surface area contributed by atoms with Crippen LogP contribution in [0.3, 0.4) is 0 Å². The number of rotatable bonds is 8. The molecule has 0 atom stereocenters. The van der Waals surface area contributed by atoms with Crippen molar-refractivity contribution in [1.29, 1.82) is 0 Å². The first kappa shape index (κ1) is 46.6. The molecular formula is C74H56N2O4. The molecule has 386 valence electrons. The predicted molar refractivity (Wildman–Crippen MR) is 336 cm³/mol. The molecule has 0 bridgehead atoms. The molecule has 16 aromatic rings. The summed E-state index contributed by atoms with van der Waals surface area (Å²) in [6.07, 6.45) is 0. The summed E-state index contributed by atoms with van der Waals surface area (Å²) >= 11 is 0. The molecule has 0 N–H and O–H groups in total. The summed E-state index contributed by atoms with van der Waals surface area (Å²) in [7, 11) is 0. The summed E-state index contributed by atoms with van der Waals surface area (Å²) in [4.78, 5) is 4.98. The van der Waals surface area contributed by atoms with Crippen LogP contribution >= 0.6 is 0 Å². The Morgan fingerprint density at radius 2 is 0.525 bits per heavy atom. The second-order valence-electron chi connectivity index (χ2n) is 22.8. The third-order valence-electron chi connectivity index (χ3n) is 17.4. The maximum atomic E-state index is 7.10. The molecule has 0 aliphatic rings. The van der Waals surface area contributed by atoms with Crippen molar-refractivity contribution in [2.24, 2.45) is 0 Å². The average molecular weight is 1040 g/mol. The number of benzene rings is 12. The molecule has 0 radical (unpaired) electrons. The summed E-state index contributed by atoms with van der Waals surface area (Å²) in [5, 5.41) is 15.8. The molecule has 0 aliphatic heterocycles. The van der Waals surface area contributed by atoms with Crippen LogP contribution in [0.25, 0.3) is 120 Å². The van der Waals surface area contributed by atoms with Crippen molar-refractivity contribution < 1.29 is 17.7 Å². The van der Waals surface area contributed by atoms with Crippen molar-refractivity contribution in [3.63, 3.8) is 0 Å². The van der Waals surface area contributed by atoms with Gasteiger partial charge < -0.3 is 27.5 Å². The molecule has 6 heteroatoms. The molecule has 0 fully saturated rings. The van der Waals surface area contributed by atoms with E-state index >= 15 is 0 Å². The van der Waals surface area contributed by atoms with Crippen LogP contribution in [0.15, 0.2) is 200 Å². The van der Waals surface area contributed by atoms with E-state index in [1.807, 2.05) is 0 Å². The van der Waals surface area contributed by atoms with Gasteiger partial charge in [-0.05, 0) is 131 Å². The summed E-state index contributed by atoms with van der Waals surface area (Å²) in [5.41, 5.74) is 19.7. The van der Waals surface area contributed by atoms with Gasteiger partial charge in [0.2, 0.25) is 0 Å². The Hall–Kier alpha value is -9.52. The van der Waals surface area contributed by atoms with Gasteiger partial charge in [-0.1, -0.05) is 173 Å². The lowest BCUT2D eigenvalue weighted by molar-refractivity contribution is 0.665. The number of furan rings is 4. The number of aryl methyl sites for hydroxylation is 4. The van der Waals surface area contributed by atoms with Gasteiger partial charge in [-0.2, -0.15) is 0 Å². The number of hydrogen-bond donors (Lipinski definition) is 0. The number of nitrogens with zero attached hydrogens (tertiary/aromatic N) is 2. The van der Waals surface area contributed by atoms with Gasteiger partial charge in [0.25, 0.3) is 0 Å². The number of para-hydroxylation sites is 4. The van der Waals surface area contributed by atoms with Gasteiger partial charge in [0, 0.05) is 53.9 Å². The lowest BCUT2D eigenvalue weighted by Crippen LogP contribution is -2.16. The first-order valence-electron chi connectivity index (χ1n) is 28.0. The zero-order chi connectivity index (χ0) is 54.0. The van der Waals surface area contributed by atoms with Gasteiger partial charge in [-0.25, -0.2) is 0 Å². The predicted octanol–water partition coefficient (Wildman–Crippen LogP) is 22.6. The van der Waals surface area contributed by atoms with Crippen molar-refractivity contribution in [3.05, 3.63) is 215 Å². The summed E-state index contributed by atoms with van der Waals surface area (Å²) in [5.74, 6) is 0.321. The maximum Gasteiger partial charge on any atom is 0.159 e. The zero-order valence-electron chi connectivity index (χ0n) is 46.0. The van der Waals surface area contributed by atoms with Gasteiger partial charge in [0.1, 0.15) is 22.3 Å². The van der Waals surface area contributed by atoms with Crippen molar-refractivity contribution in [3.8, 4) is 0 Å². The standard InChI is InChI=1S/C74H56N2O4/c1-39(2)57-37-59(75(67-41(5)25-29-51-45-17-9-13-21-61(45)77-71(51)67)68-42(6)26-30-52-46-18-10-14-22-62(46)78-72(52)68)55-36-34-50-58(40(3)4)38-60(56-35-33-49(57)65(55)66(50)56)76(69-43(7)27-31-53-47-19-11-15-23-63(47)79-73(53)69)70-44(8)28-32-54-48-20-12-16-24-64(48)80-74(54)70/h9-40H,1-8H3. The molecule has 12 aromatic carbocycles. The topological polar surface area (TPSA) is 59.0 Å². The minimum absolute atomic E-state index is 0.161. The van der Waals surface area contributed by atoms with E-state index in [0.717, 1.165) is 155 Å². The maximum absolute atomic E-state index is 7.10. The van der Waals surface area contributed by atoms with Gasteiger partial charge in [-0.15, -0.1) is 0 Å². The van der Waals surface area contributed by atoms with Gasteiger partial charge >= 0.3 is 0 Å². The lowest BCUT2D eigenvalue weighted by Gasteiger charge is -2.33. The Bertz CT molecular complexity index is 4700. The van der Waals surface area contributed by atoms with Crippen LogP contribution in [0, 0.1) is 27.7 Å². The Morgan fingerprint density at radius 1 is 0.275 bits per heavy atom. The highest BCUT2D eigenvalue weighted by Crippen LogP contribution is 2.56. The number of fused-ring (bicyclic) bond motifs is 12. The smallest absolute Gasteiger partial charge is 0.159 e. The molecular weight excluding hydrogens is 981 g/mol. The molecule has 6 nitrogen and oxygen atoms in total. The van der Waals surface area contributed by atoms with Crippen molar-refractivity contribution in [1.82, 2.24) is 0 Å². The Morgan fingerprint density at radius 3 is 0.800 bits per heavy atom. The molecule has 0 spiro atoms. The van der Waals surface area contributed by atoms with E-state index in [2.05, 4.69) is 247 Å². The van der Waals surface area contributed by atoms with Crippen LogP contribution in [-0.4, -0.2) is 0 Å². The summed E-state index contributed by atoms with van der Waals surface area (Å²) < 4.78 is 28.4. The second kappa shape index (κ2) is 17.0. The Kier molecular flexibility index (Phi) is 9.89. The minimum Gasteiger partial charge on any atom is -0.454 e. The molecule has 80 heavy (non-hydrogen) atoms. The highest BCUT2D eigenvalue weighted by Gasteiger charge is 2.33. The van der Waals surface area contributed by atoms with Crippen LogP contribution in [-0.2, 0) is 0 Å². The third-order valence-corrected chi connectivity index (χ3v) is 17.4. The van der Waals surface area contributed by atoms with E-state index < -0.39 is 0 Å². The van der Waals surface area contributed by atoms with E-state index in [4.69, 9.17) is 17.7 Å². The molecule has 0 aliphatic carbocycles. The van der Waals surface area contributed by atoms with Gasteiger partial charge in [0.05, 0.1) is 34.1 Å². The molecule has 0 amide bonds. The van der Waals surface area contributed by atoms with E-state index in [-0.39, 0.29) is 11.8 Å². The normalized spacial score (nSPS) is 12.5. The third kappa shape index (κ3) is 6.41. The second-order valence-corrected chi connectivity index (χ2v) is 22.8. The van der Waals surface area contributed by atoms with E-state index in [9.17, 15) is 0 Å². The monoisotopic (exact) mass is 1040 g/mol. The largest absolute Gasteiger partial charge is 0.454 e. The van der Waals surface area contributed by atoms with Crippen LogP contribution < -0.4 is 9.80 Å². The number of hydrogen-bond acceptors (Lipinski definition) is 6. The molecule has 0 saturated carbocycles. The van der Waals surface area contributed by atoms with E-state index in [1.165, 1.54) is 32.7 Å². The number of anilines is 6. The molecule has 4 heterocycles. The highest BCUT2D eigenvalue weighted by molar-refractivity contribution is 6.31. The van der Waals surface area contributed by atoms with Crippen LogP contribution in [0.2, 0.25) is 0 Å². The fourth-order valence-corrected chi connectivity index (χ4v) is 13.6. The van der Waals surface area contributed by atoms with E-state index in [0.29, 0.717) is 0 Å². The zero-order valence-corrected chi connectivity index (χ0v) is 46.0. The fourth-order valence-electron chi connectivity index (χ4n) is 13.6. The highest BCUT2D eigenvalue weighted by atomic mass is 16.3. The van der Waals surface area contributed by atoms with Crippen LogP contribution in [0.1, 0.15) is 72.9 Å². The van der Waals surface area contributed by atoms with Crippen LogP contribution in [0.4, 0.5) is 34.1 Å². The fraction of sp³-hybridized carbons (Fsp3) is 0.135. The summed E-state index contributed by atoms with van der Waals surface area (Å²) in [6, 6.07) is 66.0.